The van der Waals surface area contributed by atoms with E-state index in [2.05, 4.69) is 22.3 Å². The van der Waals surface area contributed by atoms with Crippen LogP contribution in [0.1, 0.15) is 33.0 Å². The van der Waals surface area contributed by atoms with Gasteiger partial charge in [0.2, 0.25) is 0 Å². The Morgan fingerprint density at radius 2 is 1.92 bits per heavy atom. The molecule has 1 N–H and O–H groups in total. The summed E-state index contributed by atoms with van der Waals surface area (Å²) >= 11 is 1.56. The van der Waals surface area contributed by atoms with Gasteiger partial charge >= 0.3 is 0 Å². The minimum absolute atomic E-state index is 0.0683. The van der Waals surface area contributed by atoms with Crippen LogP contribution >= 0.6 is 11.3 Å². The van der Waals surface area contributed by atoms with Gasteiger partial charge in [-0.25, -0.2) is 0 Å². The molecule has 1 amide bonds. The van der Waals surface area contributed by atoms with Crippen LogP contribution in [0.4, 0.5) is 0 Å². The molecule has 1 aromatic heterocycles. The minimum Gasteiger partial charge on any atom is -0.497 e. The van der Waals surface area contributed by atoms with E-state index in [-0.39, 0.29) is 5.91 Å². The van der Waals surface area contributed by atoms with Gasteiger partial charge in [0.1, 0.15) is 5.75 Å². The Kier molecular flexibility index (Phi) is 6.10. The van der Waals surface area contributed by atoms with E-state index in [1.807, 2.05) is 31.2 Å². The van der Waals surface area contributed by atoms with Crippen LogP contribution in [0.5, 0.6) is 5.75 Å². The second kappa shape index (κ2) is 8.50. The number of carbonyl (C=O) groups excluding carboxylic acids is 1. The van der Waals surface area contributed by atoms with E-state index in [1.165, 1.54) is 10.4 Å². The first-order valence-electron chi connectivity index (χ1n) is 8.84. The maximum absolute atomic E-state index is 12.1. The topological polar surface area (TPSA) is 41.6 Å². The first kappa shape index (κ1) is 18.0. The number of thiophene rings is 1. The molecular formula is C20H26N2O2S. The maximum atomic E-state index is 12.1. The Hall–Kier alpha value is -1.85. The molecule has 3 rings (SSSR count). The summed E-state index contributed by atoms with van der Waals surface area (Å²) in [6, 6.07) is 12.2. The van der Waals surface area contributed by atoms with Gasteiger partial charge in [0.25, 0.3) is 5.91 Å². The van der Waals surface area contributed by atoms with E-state index < -0.39 is 0 Å². The van der Waals surface area contributed by atoms with Crippen molar-refractivity contribution in [1.82, 2.24) is 10.2 Å². The number of nitrogens with zero attached hydrogens (tertiary/aromatic N) is 1. The fourth-order valence-electron chi connectivity index (χ4n) is 3.22. The van der Waals surface area contributed by atoms with Crippen molar-refractivity contribution in [3.63, 3.8) is 0 Å². The summed E-state index contributed by atoms with van der Waals surface area (Å²) in [6.07, 6.45) is 2.28. The molecule has 0 radical (unpaired) electrons. The molecule has 2 heterocycles. The third-order valence-electron chi connectivity index (χ3n) is 4.79. The summed E-state index contributed by atoms with van der Waals surface area (Å²) in [5, 5.41) is 3.10. The van der Waals surface area contributed by atoms with Gasteiger partial charge in [-0.15, -0.1) is 11.3 Å². The average molecular weight is 359 g/mol. The monoisotopic (exact) mass is 358 g/mol. The molecule has 1 aliphatic rings. The highest BCUT2D eigenvalue weighted by molar-refractivity contribution is 7.13. The van der Waals surface area contributed by atoms with Gasteiger partial charge in [-0.05, 0) is 68.6 Å². The summed E-state index contributed by atoms with van der Waals surface area (Å²) in [5.41, 5.74) is 1.32. The molecule has 2 aromatic rings. The van der Waals surface area contributed by atoms with Gasteiger partial charge in [-0.3, -0.25) is 9.69 Å². The van der Waals surface area contributed by atoms with Crippen LogP contribution < -0.4 is 10.1 Å². The average Bonchev–Trinajstić information content (AvgIpc) is 3.08. The second-order valence-electron chi connectivity index (χ2n) is 6.69. The van der Waals surface area contributed by atoms with Gasteiger partial charge in [0, 0.05) is 18.0 Å². The van der Waals surface area contributed by atoms with Gasteiger partial charge in [-0.2, -0.15) is 0 Å². The van der Waals surface area contributed by atoms with Crippen LogP contribution in [-0.4, -0.2) is 37.6 Å². The van der Waals surface area contributed by atoms with Crippen molar-refractivity contribution in [3.05, 3.63) is 51.7 Å². The Morgan fingerprint density at radius 3 is 2.52 bits per heavy atom. The van der Waals surface area contributed by atoms with Crippen molar-refractivity contribution in [2.75, 3.05) is 26.7 Å². The van der Waals surface area contributed by atoms with Crippen molar-refractivity contribution >= 4 is 17.2 Å². The molecule has 0 aliphatic carbocycles. The molecule has 25 heavy (non-hydrogen) atoms. The van der Waals surface area contributed by atoms with Gasteiger partial charge in [-0.1, -0.05) is 12.1 Å². The Labute approximate surface area is 153 Å². The van der Waals surface area contributed by atoms with Crippen LogP contribution in [0.25, 0.3) is 0 Å². The predicted octanol–water partition coefficient (Wildman–Crippen LogP) is 3.71. The Balaban J connectivity index is 1.40. The van der Waals surface area contributed by atoms with Crippen molar-refractivity contribution in [2.45, 2.75) is 26.3 Å². The van der Waals surface area contributed by atoms with E-state index in [1.54, 1.807) is 18.4 Å². The standard InChI is InChI=1S/C20H26N2O2S/c1-15-3-8-19(25-15)20(23)21-13-16-9-11-22(12-10-16)14-17-4-6-18(24-2)7-5-17/h3-8,16H,9-14H2,1-2H3,(H,21,23). The first-order chi connectivity index (χ1) is 12.1. The largest absolute Gasteiger partial charge is 0.497 e. The van der Waals surface area contributed by atoms with Crippen LogP contribution in [0.3, 0.4) is 0 Å². The van der Waals surface area contributed by atoms with Crippen molar-refractivity contribution in [1.29, 1.82) is 0 Å². The number of methoxy groups -OCH3 is 1. The van der Waals surface area contributed by atoms with E-state index >= 15 is 0 Å². The fourth-order valence-corrected chi connectivity index (χ4v) is 4.00. The van der Waals surface area contributed by atoms with Gasteiger partial charge in [0.05, 0.1) is 12.0 Å². The lowest BCUT2D eigenvalue weighted by molar-refractivity contribution is 0.0939. The Morgan fingerprint density at radius 1 is 1.20 bits per heavy atom. The quantitative estimate of drug-likeness (QED) is 0.856. The molecule has 0 saturated carbocycles. The molecule has 0 unspecified atom stereocenters. The van der Waals surface area contributed by atoms with Crippen LogP contribution in [-0.2, 0) is 6.54 Å². The molecule has 0 atom stereocenters. The SMILES string of the molecule is COc1ccc(CN2CCC(CNC(=O)c3ccc(C)s3)CC2)cc1. The summed E-state index contributed by atoms with van der Waals surface area (Å²) in [5.74, 6) is 1.55. The lowest BCUT2D eigenvalue weighted by atomic mass is 9.96. The molecule has 1 saturated heterocycles. The predicted molar refractivity (Wildman–Crippen MR) is 102 cm³/mol. The minimum atomic E-state index is 0.0683. The fraction of sp³-hybridized carbons (Fsp3) is 0.450. The second-order valence-corrected chi connectivity index (χ2v) is 7.98. The number of rotatable bonds is 6. The third-order valence-corrected chi connectivity index (χ3v) is 5.79. The normalized spacial score (nSPS) is 15.9. The number of ether oxygens (including phenoxy) is 1. The molecule has 1 aromatic carbocycles. The van der Waals surface area contributed by atoms with Gasteiger partial charge < -0.3 is 10.1 Å². The Bertz CT molecular complexity index is 688. The van der Waals surface area contributed by atoms with Crippen molar-refractivity contribution in [3.8, 4) is 5.75 Å². The zero-order valence-corrected chi connectivity index (χ0v) is 15.8. The number of benzene rings is 1. The molecule has 1 aliphatic heterocycles. The van der Waals surface area contributed by atoms with Gasteiger partial charge in [0.15, 0.2) is 0 Å². The number of nitrogens with one attached hydrogen (secondary N) is 1. The molecular weight excluding hydrogens is 332 g/mol. The number of hydrogen-bond donors (Lipinski definition) is 1. The van der Waals surface area contributed by atoms with Crippen molar-refractivity contribution in [2.24, 2.45) is 5.92 Å². The highest BCUT2D eigenvalue weighted by Gasteiger charge is 2.20. The summed E-state index contributed by atoms with van der Waals surface area (Å²) in [7, 11) is 1.69. The highest BCUT2D eigenvalue weighted by atomic mass is 32.1. The molecule has 4 nitrogen and oxygen atoms in total. The van der Waals surface area contributed by atoms with Crippen LogP contribution in [0.15, 0.2) is 36.4 Å². The zero-order chi connectivity index (χ0) is 17.6. The van der Waals surface area contributed by atoms with E-state index in [9.17, 15) is 4.79 Å². The van der Waals surface area contributed by atoms with Crippen LogP contribution in [0.2, 0.25) is 0 Å². The maximum Gasteiger partial charge on any atom is 0.261 e. The lowest BCUT2D eigenvalue weighted by Crippen LogP contribution is -2.38. The molecule has 134 valence electrons. The van der Waals surface area contributed by atoms with Crippen LogP contribution in [0, 0.1) is 12.8 Å². The van der Waals surface area contributed by atoms with Crippen molar-refractivity contribution < 1.29 is 9.53 Å². The summed E-state index contributed by atoms with van der Waals surface area (Å²) in [6.45, 7) is 5.97. The summed E-state index contributed by atoms with van der Waals surface area (Å²) < 4.78 is 5.21. The zero-order valence-electron chi connectivity index (χ0n) is 15.0. The molecule has 5 heteroatoms. The lowest BCUT2D eigenvalue weighted by Gasteiger charge is -2.32. The number of hydrogen-bond acceptors (Lipinski definition) is 4. The summed E-state index contributed by atoms with van der Waals surface area (Å²) in [4.78, 5) is 16.6. The molecule has 1 fully saturated rings. The number of carbonyl (C=O) groups is 1. The highest BCUT2D eigenvalue weighted by Crippen LogP contribution is 2.20. The number of amides is 1. The van der Waals surface area contributed by atoms with E-state index in [0.717, 1.165) is 49.6 Å². The van der Waals surface area contributed by atoms with E-state index in [0.29, 0.717) is 5.92 Å². The smallest absolute Gasteiger partial charge is 0.261 e. The van der Waals surface area contributed by atoms with E-state index in [4.69, 9.17) is 4.74 Å². The first-order valence-corrected chi connectivity index (χ1v) is 9.65. The number of piperidine rings is 1. The molecule has 0 spiro atoms. The molecule has 0 bridgehead atoms. The third kappa shape index (κ3) is 5.06. The number of aryl methyl sites for hydroxylation is 1. The number of likely N-dealkylation sites (tertiary alicyclic amines) is 1.